The van der Waals surface area contributed by atoms with E-state index in [-0.39, 0.29) is 11.8 Å². The molecule has 0 radical (unpaired) electrons. The van der Waals surface area contributed by atoms with Gasteiger partial charge in [-0.25, -0.2) is 0 Å². The number of rotatable bonds is 7. The summed E-state index contributed by atoms with van der Waals surface area (Å²) in [4.78, 5) is 27.6. The molecule has 1 fully saturated rings. The molecule has 0 aliphatic heterocycles. The average molecular weight is 354 g/mol. The molecule has 1 aromatic carbocycles. The third-order valence-electron chi connectivity index (χ3n) is 5.59. The van der Waals surface area contributed by atoms with Crippen molar-refractivity contribution in [3.8, 4) is 0 Å². The Morgan fingerprint density at radius 1 is 1.23 bits per heavy atom. The van der Waals surface area contributed by atoms with E-state index in [9.17, 15) is 9.59 Å². The molecule has 0 spiro atoms. The van der Waals surface area contributed by atoms with Crippen LogP contribution in [0.25, 0.3) is 0 Å². The van der Waals surface area contributed by atoms with Crippen molar-refractivity contribution < 1.29 is 9.59 Å². The maximum absolute atomic E-state index is 13.1. The van der Waals surface area contributed by atoms with Crippen LogP contribution in [0.2, 0.25) is 0 Å². The second-order valence-electron chi connectivity index (χ2n) is 7.58. The summed E-state index contributed by atoms with van der Waals surface area (Å²) in [6.45, 7) is 5.19. The molecule has 0 atom stereocenters. The van der Waals surface area contributed by atoms with E-state index in [1.54, 1.807) is 4.90 Å². The van der Waals surface area contributed by atoms with Gasteiger partial charge in [-0.3, -0.25) is 9.59 Å². The lowest BCUT2D eigenvalue weighted by atomic mass is 9.97. The van der Waals surface area contributed by atoms with Gasteiger partial charge in [-0.15, -0.1) is 0 Å². The van der Waals surface area contributed by atoms with Gasteiger partial charge in [-0.05, 0) is 76.5 Å². The zero-order valence-electron chi connectivity index (χ0n) is 16.0. The molecule has 1 aromatic rings. The van der Waals surface area contributed by atoms with Crippen LogP contribution in [0.1, 0.15) is 57.4 Å². The first-order chi connectivity index (χ1) is 12.6. The summed E-state index contributed by atoms with van der Waals surface area (Å²) in [5, 5.41) is 3.03. The van der Waals surface area contributed by atoms with Gasteiger partial charge in [0.15, 0.2) is 0 Å². The highest BCUT2D eigenvalue weighted by molar-refractivity contribution is 6.14. The highest BCUT2D eigenvalue weighted by atomic mass is 16.2. The molecule has 0 unspecified atom stereocenters. The fourth-order valence-electron chi connectivity index (χ4n) is 3.80. The number of nitrogens with one attached hydrogen (secondary N) is 1. The Balaban J connectivity index is 1.62. The summed E-state index contributed by atoms with van der Waals surface area (Å²) < 4.78 is 0. The third-order valence-corrected chi connectivity index (χ3v) is 5.59. The van der Waals surface area contributed by atoms with Gasteiger partial charge >= 0.3 is 0 Å². The SMILES string of the molecule is CCN(C(=O)C1(C(=O)NCCC2=CCCCC2)CC1)c1cccc(C)c1. The van der Waals surface area contributed by atoms with E-state index in [2.05, 4.69) is 11.4 Å². The zero-order chi connectivity index (χ0) is 18.6. The van der Waals surface area contributed by atoms with E-state index in [0.717, 1.165) is 30.5 Å². The first kappa shape index (κ1) is 18.7. The molecule has 1 N–H and O–H groups in total. The van der Waals surface area contributed by atoms with Crippen molar-refractivity contribution in [1.29, 1.82) is 0 Å². The molecule has 4 nitrogen and oxygen atoms in total. The van der Waals surface area contributed by atoms with E-state index in [0.29, 0.717) is 25.9 Å². The van der Waals surface area contributed by atoms with Crippen LogP contribution in [0.15, 0.2) is 35.9 Å². The van der Waals surface area contributed by atoms with Gasteiger partial charge in [0.2, 0.25) is 11.8 Å². The largest absolute Gasteiger partial charge is 0.355 e. The Kier molecular flexibility index (Phi) is 5.80. The molecule has 2 aliphatic rings. The minimum atomic E-state index is -0.847. The number of aryl methyl sites for hydroxylation is 1. The molecular weight excluding hydrogens is 324 g/mol. The predicted octanol–water partition coefficient (Wildman–Crippen LogP) is 4.13. The van der Waals surface area contributed by atoms with Crippen LogP contribution in [0, 0.1) is 12.3 Å². The summed E-state index contributed by atoms with van der Waals surface area (Å²) in [6, 6.07) is 7.92. The number of amides is 2. The molecule has 0 aromatic heterocycles. The minimum Gasteiger partial charge on any atom is -0.355 e. The number of hydrogen-bond acceptors (Lipinski definition) is 2. The van der Waals surface area contributed by atoms with E-state index in [1.165, 1.54) is 18.4 Å². The highest BCUT2D eigenvalue weighted by Crippen LogP contribution is 2.48. The van der Waals surface area contributed by atoms with Crippen LogP contribution >= 0.6 is 0 Å². The van der Waals surface area contributed by atoms with Crippen molar-refractivity contribution in [3.05, 3.63) is 41.5 Å². The van der Waals surface area contributed by atoms with Gasteiger partial charge in [0.25, 0.3) is 0 Å². The lowest BCUT2D eigenvalue weighted by molar-refractivity contribution is -0.135. The molecule has 4 heteroatoms. The van der Waals surface area contributed by atoms with Gasteiger partial charge in [-0.2, -0.15) is 0 Å². The Bertz CT molecular complexity index is 704. The van der Waals surface area contributed by atoms with Gasteiger partial charge in [0, 0.05) is 18.8 Å². The van der Waals surface area contributed by atoms with Crippen LogP contribution in [0.4, 0.5) is 5.69 Å². The third kappa shape index (κ3) is 4.00. The van der Waals surface area contributed by atoms with Crippen molar-refractivity contribution in [2.45, 2.75) is 58.8 Å². The fraction of sp³-hybridized carbons (Fsp3) is 0.545. The smallest absolute Gasteiger partial charge is 0.242 e. The molecule has 140 valence electrons. The summed E-state index contributed by atoms with van der Waals surface area (Å²) in [5.74, 6) is -0.148. The Morgan fingerprint density at radius 3 is 2.65 bits per heavy atom. The molecule has 2 aliphatic carbocycles. The Labute approximate surface area is 156 Å². The lowest BCUT2D eigenvalue weighted by Crippen LogP contribution is -2.45. The number of carbonyl (C=O) groups is 2. The van der Waals surface area contributed by atoms with Gasteiger partial charge in [-0.1, -0.05) is 23.8 Å². The van der Waals surface area contributed by atoms with Crippen LogP contribution in [0.3, 0.4) is 0 Å². The summed E-state index contributed by atoms with van der Waals surface area (Å²) in [5.41, 5.74) is 2.59. The van der Waals surface area contributed by atoms with Crippen molar-refractivity contribution in [3.63, 3.8) is 0 Å². The lowest BCUT2D eigenvalue weighted by Gasteiger charge is -2.26. The molecule has 1 saturated carbocycles. The molecule has 0 heterocycles. The molecule has 0 saturated heterocycles. The van der Waals surface area contributed by atoms with Crippen LogP contribution in [-0.2, 0) is 9.59 Å². The second kappa shape index (κ2) is 8.07. The van der Waals surface area contributed by atoms with Gasteiger partial charge in [0.1, 0.15) is 5.41 Å². The van der Waals surface area contributed by atoms with Crippen molar-refractivity contribution in [2.75, 3.05) is 18.0 Å². The Morgan fingerprint density at radius 2 is 2.04 bits per heavy atom. The summed E-state index contributed by atoms with van der Waals surface area (Å²) in [7, 11) is 0. The van der Waals surface area contributed by atoms with Crippen molar-refractivity contribution >= 4 is 17.5 Å². The highest BCUT2D eigenvalue weighted by Gasteiger charge is 2.57. The molecular formula is C22H30N2O2. The fourth-order valence-corrected chi connectivity index (χ4v) is 3.80. The first-order valence-corrected chi connectivity index (χ1v) is 9.91. The Hall–Kier alpha value is -2.10. The van der Waals surface area contributed by atoms with Crippen LogP contribution in [-0.4, -0.2) is 24.9 Å². The maximum atomic E-state index is 13.1. The van der Waals surface area contributed by atoms with Gasteiger partial charge < -0.3 is 10.2 Å². The predicted molar refractivity (Wildman–Crippen MR) is 105 cm³/mol. The van der Waals surface area contributed by atoms with Crippen molar-refractivity contribution in [1.82, 2.24) is 5.32 Å². The first-order valence-electron chi connectivity index (χ1n) is 9.91. The standard InChI is InChI=1S/C22H30N2O2/c1-3-24(19-11-7-8-17(2)16-19)21(26)22(13-14-22)20(25)23-15-12-18-9-5-4-6-10-18/h7-9,11,16H,3-6,10,12-15H2,1-2H3,(H,23,25). The average Bonchev–Trinajstić information content (AvgIpc) is 3.45. The number of hydrogen-bond donors (Lipinski definition) is 1. The normalized spacial score (nSPS) is 18.0. The second-order valence-corrected chi connectivity index (χ2v) is 7.58. The summed E-state index contributed by atoms with van der Waals surface area (Å²) >= 11 is 0. The van der Waals surface area contributed by atoms with E-state index in [4.69, 9.17) is 0 Å². The molecule has 3 rings (SSSR count). The molecule has 26 heavy (non-hydrogen) atoms. The quantitative estimate of drug-likeness (QED) is 0.591. The minimum absolute atomic E-state index is 0.0556. The number of carbonyl (C=O) groups excluding carboxylic acids is 2. The number of anilines is 1. The van der Waals surface area contributed by atoms with Gasteiger partial charge in [0.05, 0.1) is 0 Å². The monoisotopic (exact) mass is 354 g/mol. The number of nitrogens with zero attached hydrogens (tertiary/aromatic N) is 1. The van der Waals surface area contributed by atoms with Crippen LogP contribution in [0.5, 0.6) is 0 Å². The van der Waals surface area contributed by atoms with E-state index < -0.39 is 5.41 Å². The van der Waals surface area contributed by atoms with Crippen molar-refractivity contribution in [2.24, 2.45) is 5.41 Å². The van der Waals surface area contributed by atoms with E-state index in [1.807, 2.05) is 38.1 Å². The van der Waals surface area contributed by atoms with E-state index >= 15 is 0 Å². The summed E-state index contributed by atoms with van der Waals surface area (Å²) in [6.07, 6.45) is 9.37. The molecule has 2 amide bonds. The zero-order valence-corrected chi connectivity index (χ0v) is 16.0. The van der Waals surface area contributed by atoms with Crippen LogP contribution < -0.4 is 10.2 Å². The maximum Gasteiger partial charge on any atom is 0.242 e. The molecule has 0 bridgehead atoms. The number of benzene rings is 1. The number of allylic oxidation sites excluding steroid dienone is 1. The topological polar surface area (TPSA) is 49.4 Å².